The van der Waals surface area contributed by atoms with E-state index >= 15 is 0 Å². The zero-order valence-electron chi connectivity index (χ0n) is 12.7. The van der Waals surface area contributed by atoms with Crippen LogP contribution in [0.2, 0.25) is 5.02 Å². The first-order valence-electron chi connectivity index (χ1n) is 6.92. The fraction of sp³-hybridized carbons (Fsp3) is 0.500. The molecule has 2 aromatic rings. The number of nitrogens with zero attached hydrogens (tertiary/aromatic N) is 1. The molecular weight excluding hydrogens is 288 g/mol. The van der Waals surface area contributed by atoms with Crippen LogP contribution < -0.4 is 5.32 Å². The molecule has 0 saturated carbocycles. The molecular formula is C16H23ClN2S. The van der Waals surface area contributed by atoms with Crippen molar-refractivity contribution in [2.75, 3.05) is 12.0 Å². The molecule has 0 aliphatic rings. The zero-order chi connectivity index (χ0) is 14.8. The van der Waals surface area contributed by atoms with Gasteiger partial charge in [-0.2, -0.15) is 11.8 Å². The highest BCUT2D eigenvalue weighted by atomic mass is 35.5. The third-order valence-electron chi connectivity index (χ3n) is 3.27. The molecule has 0 fully saturated rings. The van der Waals surface area contributed by atoms with E-state index in [2.05, 4.69) is 55.2 Å². The van der Waals surface area contributed by atoms with Crippen LogP contribution >= 0.6 is 23.4 Å². The summed E-state index contributed by atoms with van der Waals surface area (Å²) in [5, 5.41) is 5.66. The molecule has 0 amide bonds. The standard InChI is InChI=1S/C16H23ClN2S/c1-16(2,3)18-10-12-11-19(7-8-20-4)15-9-13(17)5-6-14(12)15/h5-6,9,11,18H,7-8,10H2,1-4H3. The summed E-state index contributed by atoms with van der Waals surface area (Å²) in [6.45, 7) is 8.48. The van der Waals surface area contributed by atoms with Crippen LogP contribution in [0.4, 0.5) is 0 Å². The lowest BCUT2D eigenvalue weighted by molar-refractivity contribution is 0.425. The predicted octanol–water partition coefficient (Wildman–Crippen LogP) is 4.55. The molecule has 2 rings (SSSR count). The minimum absolute atomic E-state index is 0.125. The molecule has 2 nitrogen and oxygen atoms in total. The summed E-state index contributed by atoms with van der Waals surface area (Å²) < 4.78 is 2.32. The van der Waals surface area contributed by atoms with Gasteiger partial charge in [0.15, 0.2) is 0 Å². The summed E-state index contributed by atoms with van der Waals surface area (Å²) in [5.74, 6) is 1.11. The number of thioether (sulfide) groups is 1. The quantitative estimate of drug-likeness (QED) is 0.873. The van der Waals surface area contributed by atoms with Gasteiger partial charge in [-0.25, -0.2) is 0 Å². The third-order valence-corrected chi connectivity index (χ3v) is 4.10. The molecule has 110 valence electrons. The van der Waals surface area contributed by atoms with Crippen LogP contribution in [0.3, 0.4) is 0 Å². The van der Waals surface area contributed by atoms with Crippen LogP contribution in [0.25, 0.3) is 10.9 Å². The third kappa shape index (κ3) is 3.94. The molecule has 1 aromatic heterocycles. The summed E-state index contributed by atoms with van der Waals surface area (Å²) in [4.78, 5) is 0. The number of aromatic nitrogens is 1. The minimum atomic E-state index is 0.125. The van der Waals surface area contributed by atoms with Crippen molar-refractivity contribution in [2.24, 2.45) is 0 Å². The molecule has 0 aliphatic heterocycles. The zero-order valence-corrected chi connectivity index (χ0v) is 14.2. The van der Waals surface area contributed by atoms with Crippen LogP contribution in [-0.2, 0) is 13.1 Å². The second kappa shape index (κ2) is 6.42. The highest BCUT2D eigenvalue weighted by molar-refractivity contribution is 7.98. The number of benzene rings is 1. The van der Waals surface area contributed by atoms with E-state index in [4.69, 9.17) is 11.6 Å². The highest BCUT2D eigenvalue weighted by Crippen LogP contribution is 2.25. The Labute approximate surface area is 130 Å². The molecule has 1 heterocycles. The van der Waals surface area contributed by atoms with Crippen molar-refractivity contribution in [3.63, 3.8) is 0 Å². The van der Waals surface area contributed by atoms with E-state index in [9.17, 15) is 0 Å². The van der Waals surface area contributed by atoms with Gasteiger partial charge in [0.25, 0.3) is 0 Å². The molecule has 0 saturated heterocycles. The SMILES string of the molecule is CSCCn1cc(CNC(C)(C)C)c2ccc(Cl)cc21. The van der Waals surface area contributed by atoms with E-state index in [1.807, 2.05) is 17.8 Å². The molecule has 1 aromatic carbocycles. The maximum atomic E-state index is 6.15. The van der Waals surface area contributed by atoms with Crippen LogP contribution in [-0.4, -0.2) is 22.1 Å². The van der Waals surface area contributed by atoms with E-state index in [-0.39, 0.29) is 5.54 Å². The van der Waals surface area contributed by atoms with Gasteiger partial charge < -0.3 is 9.88 Å². The fourth-order valence-corrected chi connectivity index (χ4v) is 2.76. The van der Waals surface area contributed by atoms with Gasteiger partial charge >= 0.3 is 0 Å². The van der Waals surface area contributed by atoms with Crippen LogP contribution in [0.5, 0.6) is 0 Å². The number of fused-ring (bicyclic) bond motifs is 1. The van der Waals surface area contributed by atoms with Crippen molar-refractivity contribution in [1.82, 2.24) is 9.88 Å². The summed E-state index contributed by atoms with van der Waals surface area (Å²) in [5.41, 5.74) is 2.70. The Bertz CT molecular complexity index is 584. The molecule has 0 unspecified atom stereocenters. The number of hydrogen-bond donors (Lipinski definition) is 1. The van der Waals surface area contributed by atoms with Gasteiger partial charge in [0.05, 0.1) is 0 Å². The first kappa shape index (κ1) is 15.7. The molecule has 0 atom stereocenters. The van der Waals surface area contributed by atoms with E-state index in [1.54, 1.807) is 0 Å². The Morgan fingerprint density at radius 3 is 2.70 bits per heavy atom. The number of hydrogen-bond acceptors (Lipinski definition) is 2. The van der Waals surface area contributed by atoms with E-state index in [1.165, 1.54) is 16.5 Å². The topological polar surface area (TPSA) is 17.0 Å². The maximum absolute atomic E-state index is 6.15. The van der Waals surface area contributed by atoms with Crippen molar-refractivity contribution in [2.45, 2.75) is 39.4 Å². The Hall–Kier alpha value is -0.640. The molecule has 0 spiro atoms. The largest absolute Gasteiger partial charge is 0.346 e. The molecule has 4 heteroatoms. The van der Waals surface area contributed by atoms with Gasteiger partial charge in [0, 0.05) is 46.5 Å². The Balaban J connectivity index is 2.34. The number of aryl methyl sites for hydroxylation is 1. The second-order valence-corrected chi connectivity index (χ2v) is 7.53. The summed E-state index contributed by atoms with van der Waals surface area (Å²) in [6, 6.07) is 6.17. The predicted molar refractivity (Wildman–Crippen MR) is 91.9 cm³/mol. The van der Waals surface area contributed by atoms with Crippen molar-refractivity contribution in [3.8, 4) is 0 Å². The van der Waals surface area contributed by atoms with Gasteiger partial charge in [-0.15, -0.1) is 0 Å². The van der Waals surface area contributed by atoms with Crippen molar-refractivity contribution < 1.29 is 0 Å². The molecule has 20 heavy (non-hydrogen) atoms. The molecule has 0 radical (unpaired) electrons. The average Bonchev–Trinajstić information content (AvgIpc) is 2.70. The van der Waals surface area contributed by atoms with Crippen LogP contribution in [0.1, 0.15) is 26.3 Å². The van der Waals surface area contributed by atoms with Crippen molar-refractivity contribution >= 4 is 34.3 Å². The minimum Gasteiger partial charge on any atom is -0.346 e. The Morgan fingerprint density at radius 1 is 1.30 bits per heavy atom. The smallest absolute Gasteiger partial charge is 0.0498 e. The summed E-state index contributed by atoms with van der Waals surface area (Å²) >= 11 is 8.02. The summed E-state index contributed by atoms with van der Waals surface area (Å²) in [6.07, 6.45) is 4.40. The first-order chi connectivity index (χ1) is 9.40. The normalized spacial score (nSPS) is 12.2. The number of rotatable bonds is 5. The van der Waals surface area contributed by atoms with Gasteiger partial charge in [-0.1, -0.05) is 17.7 Å². The van der Waals surface area contributed by atoms with E-state index in [0.717, 1.165) is 23.9 Å². The molecule has 0 bridgehead atoms. The van der Waals surface area contributed by atoms with Crippen molar-refractivity contribution in [1.29, 1.82) is 0 Å². The number of nitrogens with one attached hydrogen (secondary N) is 1. The van der Waals surface area contributed by atoms with Crippen molar-refractivity contribution in [3.05, 3.63) is 35.0 Å². The Kier molecular flexibility index (Phi) is 5.05. The summed E-state index contributed by atoms with van der Waals surface area (Å²) in [7, 11) is 0. The second-order valence-electron chi connectivity index (χ2n) is 6.11. The monoisotopic (exact) mass is 310 g/mol. The Morgan fingerprint density at radius 2 is 2.05 bits per heavy atom. The lowest BCUT2D eigenvalue weighted by Gasteiger charge is -2.20. The lowest BCUT2D eigenvalue weighted by atomic mass is 10.1. The molecule has 1 N–H and O–H groups in total. The van der Waals surface area contributed by atoms with E-state index < -0.39 is 0 Å². The van der Waals surface area contributed by atoms with Gasteiger partial charge in [-0.3, -0.25) is 0 Å². The van der Waals surface area contributed by atoms with Crippen LogP contribution in [0.15, 0.2) is 24.4 Å². The average molecular weight is 311 g/mol. The van der Waals surface area contributed by atoms with Gasteiger partial charge in [-0.05, 0) is 44.7 Å². The number of halogens is 1. The van der Waals surface area contributed by atoms with E-state index in [0.29, 0.717) is 0 Å². The maximum Gasteiger partial charge on any atom is 0.0498 e. The fourth-order valence-electron chi connectivity index (χ4n) is 2.22. The highest BCUT2D eigenvalue weighted by Gasteiger charge is 2.13. The lowest BCUT2D eigenvalue weighted by Crippen LogP contribution is -2.34. The van der Waals surface area contributed by atoms with Gasteiger partial charge in [0.1, 0.15) is 0 Å². The molecule has 0 aliphatic carbocycles. The first-order valence-corrected chi connectivity index (χ1v) is 8.69. The van der Waals surface area contributed by atoms with Gasteiger partial charge in [0.2, 0.25) is 0 Å². The van der Waals surface area contributed by atoms with Crippen LogP contribution in [0, 0.1) is 0 Å².